The van der Waals surface area contributed by atoms with Crippen LogP contribution in [0.25, 0.3) is 0 Å². The van der Waals surface area contributed by atoms with Gasteiger partial charge in [-0.2, -0.15) is 5.10 Å². The minimum Gasteiger partial charge on any atom is -0.386 e. The first-order chi connectivity index (χ1) is 8.70. The summed E-state index contributed by atoms with van der Waals surface area (Å²) in [6.45, 7) is 0. The molecule has 2 heterocycles. The summed E-state index contributed by atoms with van der Waals surface area (Å²) in [5.41, 5.74) is 0.729. The van der Waals surface area contributed by atoms with Crippen molar-refractivity contribution < 1.29 is 4.79 Å². The van der Waals surface area contributed by atoms with Crippen LogP contribution in [0.4, 0.5) is 11.5 Å². The molecule has 18 heavy (non-hydrogen) atoms. The highest BCUT2D eigenvalue weighted by Crippen LogP contribution is 2.13. The standard InChI is InChI=1S/C11H11N5O2/c1-12-8-6-13-5-4-7(8)11(18)14-9-2-3-10(17)16-15-9/h2-6,12H,1H3,(H,16,17)(H,14,15,18). The highest BCUT2D eigenvalue weighted by Gasteiger charge is 2.11. The molecule has 0 aliphatic heterocycles. The van der Waals surface area contributed by atoms with E-state index in [1.54, 1.807) is 19.3 Å². The van der Waals surface area contributed by atoms with Crippen molar-refractivity contribution in [2.24, 2.45) is 0 Å². The normalized spacial score (nSPS) is 9.83. The van der Waals surface area contributed by atoms with Crippen LogP contribution in [-0.4, -0.2) is 28.1 Å². The van der Waals surface area contributed by atoms with Gasteiger partial charge in [0, 0.05) is 19.3 Å². The van der Waals surface area contributed by atoms with E-state index in [0.29, 0.717) is 11.3 Å². The lowest BCUT2D eigenvalue weighted by Crippen LogP contribution is -2.17. The van der Waals surface area contributed by atoms with Gasteiger partial charge in [-0.05, 0) is 12.1 Å². The largest absolute Gasteiger partial charge is 0.386 e. The van der Waals surface area contributed by atoms with E-state index in [1.165, 1.54) is 18.3 Å². The van der Waals surface area contributed by atoms with E-state index < -0.39 is 0 Å². The molecule has 2 aromatic heterocycles. The first-order valence-electron chi connectivity index (χ1n) is 5.19. The van der Waals surface area contributed by atoms with E-state index in [4.69, 9.17) is 0 Å². The Labute approximate surface area is 102 Å². The van der Waals surface area contributed by atoms with E-state index in [2.05, 4.69) is 25.8 Å². The third-order valence-corrected chi connectivity index (χ3v) is 2.26. The van der Waals surface area contributed by atoms with Crippen LogP contribution in [0.5, 0.6) is 0 Å². The molecular formula is C11H11N5O2. The van der Waals surface area contributed by atoms with Crippen molar-refractivity contribution in [3.05, 3.63) is 46.5 Å². The van der Waals surface area contributed by atoms with E-state index in [9.17, 15) is 9.59 Å². The molecule has 0 aromatic carbocycles. The lowest BCUT2D eigenvalue weighted by Gasteiger charge is -2.07. The molecule has 0 aliphatic carbocycles. The number of hydrogen-bond donors (Lipinski definition) is 3. The molecule has 2 aromatic rings. The van der Waals surface area contributed by atoms with Crippen molar-refractivity contribution in [2.45, 2.75) is 0 Å². The molecule has 0 atom stereocenters. The van der Waals surface area contributed by atoms with Crippen LogP contribution < -0.4 is 16.2 Å². The van der Waals surface area contributed by atoms with Crippen LogP contribution in [0.2, 0.25) is 0 Å². The van der Waals surface area contributed by atoms with Gasteiger partial charge in [0.2, 0.25) is 0 Å². The number of rotatable bonds is 3. The average Bonchev–Trinajstić information content (AvgIpc) is 2.41. The minimum absolute atomic E-state index is 0.276. The monoisotopic (exact) mass is 245 g/mol. The number of carbonyl (C=O) groups is 1. The number of nitrogens with zero attached hydrogens (tertiary/aromatic N) is 2. The average molecular weight is 245 g/mol. The summed E-state index contributed by atoms with van der Waals surface area (Å²) in [5.74, 6) is -0.0558. The van der Waals surface area contributed by atoms with Crippen LogP contribution in [0.15, 0.2) is 35.4 Å². The number of aromatic nitrogens is 3. The van der Waals surface area contributed by atoms with E-state index in [1.807, 2.05) is 0 Å². The van der Waals surface area contributed by atoms with Gasteiger partial charge in [-0.25, -0.2) is 5.10 Å². The maximum Gasteiger partial charge on any atom is 0.264 e. The van der Waals surface area contributed by atoms with E-state index >= 15 is 0 Å². The molecule has 3 N–H and O–H groups in total. The fraction of sp³-hybridized carbons (Fsp3) is 0.0909. The summed E-state index contributed by atoms with van der Waals surface area (Å²) < 4.78 is 0. The van der Waals surface area contributed by atoms with Crippen molar-refractivity contribution in [3.63, 3.8) is 0 Å². The highest BCUT2D eigenvalue weighted by atomic mass is 16.2. The summed E-state index contributed by atoms with van der Waals surface area (Å²) in [7, 11) is 1.70. The summed E-state index contributed by atoms with van der Waals surface area (Å²) in [6, 6.07) is 4.30. The van der Waals surface area contributed by atoms with Crippen molar-refractivity contribution in [2.75, 3.05) is 17.7 Å². The summed E-state index contributed by atoms with van der Waals surface area (Å²) in [6.07, 6.45) is 3.07. The van der Waals surface area contributed by atoms with Gasteiger partial charge < -0.3 is 10.6 Å². The third kappa shape index (κ3) is 2.51. The van der Waals surface area contributed by atoms with E-state index in [0.717, 1.165) is 0 Å². The Hall–Kier alpha value is -2.70. The molecule has 92 valence electrons. The Kier molecular flexibility index (Phi) is 3.33. The SMILES string of the molecule is CNc1cnccc1C(=O)Nc1ccc(=O)[nH]n1. The predicted molar refractivity (Wildman–Crippen MR) is 66.6 cm³/mol. The molecule has 0 aliphatic rings. The molecule has 0 unspecified atom stereocenters. The van der Waals surface area contributed by atoms with Gasteiger partial charge >= 0.3 is 0 Å². The van der Waals surface area contributed by atoms with Crippen LogP contribution in [-0.2, 0) is 0 Å². The molecule has 0 fully saturated rings. The number of nitrogens with one attached hydrogen (secondary N) is 3. The zero-order valence-electron chi connectivity index (χ0n) is 9.60. The molecule has 7 nitrogen and oxygen atoms in total. The molecule has 2 rings (SSSR count). The highest BCUT2D eigenvalue weighted by molar-refractivity contribution is 6.07. The van der Waals surface area contributed by atoms with Gasteiger partial charge in [-0.1, -0.05) is 0 Å². The second-order valence-corrected chi connectivity index (χ2v) is 3.43. The number of carbonyl (C=O) groups excluding carboxylic acids is 1. The summed E-state index contributed by atoms with van der Waals surface area (Å²) >= 11 is 0. The number of aromatic amines is 1. The Balaban J connectivity index is 2.21. The predicted octanol–water partition coefficient (Wildman–Crippen LogP) is 0.459. The van der Waals surface area contributed by atoms with Crippen molar-refractivity contribution in [1.82, 2.24) is 15.2 Å². The van der Waals surface area contributed by atoms with Gasteiger partial charge in [0.1, 0.15) is 0 Å². The van der Waals surface area contributed by atoms with Crippen LogP contribution in [0.1, 0.15) is 10.4 Å². The van der Waals surface area contributed by atoms with Gasteiger partial charge in [0.15, 0.2) is 5.82 Å². The zero-order valence-corrected chi connectivity index (χ0v) is 9.60. The summed E-state index contributed by atoms with van der Waals surface area (Å²) in [4.78, 5) is 26.7. The second kappa shape index (κ2) is 5.09. The smallest absolute Gasteiger partial charge is 0.264 e. The number of amides is 1. The zero-order chi connectivity index (χ0) is 13.0. The van der Waals surface area contributed by atoms with Crippen molar-refractivity contribution >= 4 is 17.4 Å². The van der Waals surface area contributed by atoms with Crippen LogP contribution in [0, 0.1) is 0 Å². The lowest BCUT2D eigenvalue weighted by atomic mass is 10.2. The Morgan fingerprint density at radius 2 is 2.17 bits per heavy atom. The number of H-pyrrole nitrogens is 1. The van der Waals surface area contributed by atoms with Gasteiger partial charge in [-0.3, -0.25) is 14.6 Å². The molecule has 0 saturated carbocycles. The maximum absolute atomic E-state index is 12.0. The number of pyridine rings is 1. The van der Waals surface area contributed by atoms with E-state index in [-0.39, 0.29) is 17.3 Å². The first-order valence-corrected chi connectivity index (χ1v) is 5.19. The molecule has 0 saturated heterocycles. The molecule has 0 bridgehead atoms. The minimum atomic E-state index is -0.332. The van der Waals surface area contributed by atoms with Crippen molar-refractivity contribution in [1.29, 1.82) is 0 Å². The fourth-order valence-electron chi connectivity index (χ4n) is 1.39. The van der Waals surface area contributed by atoms with Crippen LogP contribution in [0.3, 0.4) is 0 Å². The number of hydrogen-bond acceptors (Lipinski definition) is 5. The lowest BCUT2D eigenvalue weighted by molar-refractivity contribution is 0.102. The topological polar surface area (TPSA) is 99.8 Å². The molecular weight excluding hydrogens is 234 g/mol. The number of anilines is 2. The van der Waals surface area contributed by atoms with Gasteiger partial charge in [0.05, 0.1) is 17.4 Å². The fourth-order valence-corrected chi connectivity index (χ4v) is 1.39. The van der Waals surface area contributed by atoms with Crippen molar-refractivity contribution in [3.8, 4) is 0 Å². The first kappa shape index (κ1) is 11.8. The van der Waals surface area contributed by atoms with Gasteiger partial charge in [-0.15, -0.1) is 0 Å². The molecule has 0 spiro atoms. The molecule has 7 heteroatoms. The summed E-state index contributed by atoms with van der Waals surface area (Å²) in [5, 5.41) is 11.4. The Morgan fingerprint density at radius 1 is 1.33 bits per heavy atom. The van der Waals surface area contributed by atoms with Crippen LogP contribution >= 0.6 is 0 Å². The third-order valence-electron chi connectivity index (χ3n) is 2.26. The Bertz CT molecular complexity index is 602. The molecule has 0 radical (unpaired) electrons. The van der Waals surface area contributed by atoms with Gasteiger partial charge in [0.25, 0.3) is 11.5 Å². The Morgan fingerprint density at radius 3 is 2.83 bits per heavy atom. The maximum atomic E-state index is 12.0. The second-order valence-electron chi connectivity index (χ2n) is 3.43. The molecule has 1 amide bonds. The quantitative estimate of drug-likeness (QED) is 0.729.